The predicted octanol–water partition coefficient (Wildman–Crippen LogP) is 1.23. The van der Waals surface area contributed by atoms with E-state index in [1.807, 2.05) is 43.3 Å². The highest BCUT2D eigenvalue weighted by molar-refractivity contribution is 5.94. The fraction of sp³-hybridized carbons (Fsp3) is 0.188. The van der Waals surface area contributed by atoms with Crippen LogP contribution in [-0.2, 0) is 4.79 Å². The number of amides is 2. The molecule has 0 spiro atoms. The van der Waals surface area contributed by atoms with Crippen molar-refractivity contribution < 1.29 is 14.0 Å². The van der Waals surface area contributed by atoms with E-state index >= 15 is 0 Å². The zero-order valence-electron chi connectivity index (χ0n) is 12.9. The smallest absolute Gasteiger partial charge is 0.287 e. The summed E-state index contributed by atoms with van der Waals surface area (Å²) in [6.07, 6.45) is 2.92. The van der Waals surface area contributed by atoms with Crippen molar-refractivity contribution in [1.82, 2.24) is 10.7 Å². The lowest BCUT2D eigenvalue weighted by atomic mass is 10.2. The largest absolute Gasteiger partial charge is 0.459 e. The Labute approximate surface area is 134 Å². The van der Waals surface area contributed by atoms with Gasteiger partial charge in [0.2, 0.25) is 0 Å². The van der Waals surface area contributed by atoms with Crippen molar-refractivity contribution in [2.24, 2.45) is 5.10 Å². The van der Waals surface area contributed by atoms with E-state index in [1.54, 1.807) is 6.07 Å². The number of benzene rings is 1. The van der Waals surface area contributed by atoms with Crippen LogP contribution in [0.5, 0.6) is 0 Å². The molecular weight excluding hydrogens is 296 g/mol. The topological polar surface area (TPSA) is 86.9 Å². The Kier molecular flexibility index (Phi) is 5.51. The van der Waals surface area contributed by atoms with Crippen molar-refractivity contribution in [2.75, 3.05) is 25.5 Å². The molecule has 23 heavy (non-hydrogen) atoms. The number of hydrogen-bond acceptors (Lipinski definition) is 5. The minimum atomic E-state index is -0.451. The van der Waals surface area contributed by atoms with Crippen molar-refractivity contribution in [2.45, 2.75) is 0 Å². The van der Waals surface area contributed by atoms with Crippen LogP contribution in [0.1, 0.15) is 16.1 Å². The van der Waals surface area contributed by atoms with Crippen molar-refractivity contribution in [1.29, 1.82) is 0 Å². The van der Waals surface area contributed by atoms with Gasteiger partial charge in [0.25, 0.3) is 11.8 Å². The number of nitrogens with one attached hydrogen (secondary N) is 2. The van der Waals surface area contributed by atoms with Crippen LogP contribution >= 0.6 is 0 Å². The van der Waals surface area contributed by atoms with Gasteiger partial charge < -0.3 is 14.6 Å². The first kappa shape index (κ1) is 16.3. The average Bonchev–Trinajstić information content (AvgIpc) is 3.07. The number of furan rings is 1. The molecule has 0 atom stereocenters. The molecule has 0 aliphatic heterocycles. The van der Waals surface area contributed by atoms with E-state index in [1.165, 1.54) is 18.5 Å². The number of nitrogens with zero attached hydrogens (tertiary/aromatic N) is 2. The maximum Gasteiger partial charge on any atom is 0.287 e. The SMILES string of the molecule is CN(C)c1ccc(/C=N\NC(=O)CNC(=O)c2ccco2)cc1. The molecule has 0 bridgehead atoms. The summed E-state index contributed by atoms with van der Waals surface area (Å²) < 4.78 is 4.92. The molecule has 2 N–H and O–H groups in total. The molecule has 0 radical (unpaired) electrons. The third-order valence-corrected chi connectivity index (χ3v) is 2.97. The van der Waals surface area contributed by atoms with Gasteiger partial charge in [-0.25, -0.2) is 5.43 Å². The number of anilines is 1. The van der Waals surface area contributed by atoms with Gasteiger partial charge in [-0.05, 0) is 29.8 Å². The lowest BCUT2D eigenvalue weighted by Crippen LogP contribution is -2.34. The fourth-order valence-corrected chi connectivity index (χ4v) is 1.73. The third-order valence-electron chi connectivity index (χ3n) is 2.97. The summed E-state index contributed by atoms with van der Waals surface area (Å²) in [6, 6.07) is 10.8. The molecular formula is C16H18N4O3. The van der Waals surface area contributed by atoms with Crippen LogP contribution in [0.15, 0.2) is 52.2 Å². The lowest BCUT2D eigenvalue weighted by Gasteiger charge is -2.11. The van der Waals surface area contributed by atoms with E-state index in [9.17, 15) is 9.59 Å². The van der Waals surface area contributed by atoms with Gasteiger partial charge in [0, 0.05) is 19.8 Å². The molecule has 0 unspecified atom stereocenters. The normalized spacial score (nSPS) is 10.5. The summed E-state index contributed by atoms with van der Waals surface area (Å²) in [5.74, 6) is -0.721. The number of hydrazone groups is 1. The molecule has 1 aromatic heterocycles. The molecule has 2 rings (SSSR count). The predicted molar refractivity (Wildman–Crippen MR) is 87.5 cm³/mol. The molecule has 0 saturated carbocycles. The molecule has 1 aromatic carbocycles. The van der Waals surface area contributed by atoms with Gasteiger partial charge in [0.05, 0.1) is 19.0 Å². The van der Waals surface area contributed by atoms with Crippen LogP contribution in [0.4, 0.5) is 5.69 Å². The first-order valence-electron chi connectivity index (χ1n) is 6.97. The van der Waals surface area contributed by atoms with E-state index in [0.29, 0.717) is 0 Å². The van der Waals surface area contributed by atoms with E-state index in [4.69, 9.17) is 4.42 Å². The van der Waals surface area contributed by atoms with Crippen LogP contribution in [0.25, 0.3) is 0 Å². The first-order valence-corrected chi connectivity index (χ1v) is 6.97. The minimum Gasteiger partial charge on any atom is -0.459 e. The number of rotatable bonds is 6. The highest BCUT2D eigenvalue weighted by Crippen LogP contribution is 2.10. The van der Waals surface area contributed by atoms with Gasteiger partial charge in [0.15, 0.2) is 5.76 Å². The molecule has 0 saturated heterocycles. The van der Waals surface area contributed by atoms with Gasteiger partial charge in [-0.3, -0.25) is 9.59 Å². The average molecular weight is 314 g/mol. The number of hydrogen-bond donors (Lipinski definition) is 2. The van der Waals surface area contributed by atoms with E-state index in [0.717, 1.165) is 11.3 Å². The summed E-state index contributed by atoms with van der Waals surface area (Å²) in [4.78, 5) is 25.1. The van der Waals surface area contributed by atoms with Crippen LogP contribution in [-0.4, -0.2) is 38.7 Å². The molecule has 0 fully saturated rings. The zero-order chi connectivity index (χ0) is 16.7. The first-order chi connectivity index (χ1) is 11.1. The number of carbonyl (C=O) groups excluding carboxylic acids is 2. The summed E-state index contributed by atoms with van der Waals surface area (Å²) in [7, 11) is 3.92. The standard InChI is InChI=1S/C16H18N4O3/c1-20(2)13-7-5-12(6-8-13)10-18-19-15(21)11-17-16(22)14-4-3-9-23-14/h3-10H,11H2,1-2H3,(H,17,22)(H,19,21)/b18-10-. The van der Waals surface area contributed by atoms with Crippen LogP contribution < -0.4 is 15.6 Å². The fourth-order valence-electron chi connectivity index (χ4n) is 1.73. The molecule has 7 heteroatoms. The van der Waals surface area contributed by atoms with Crippen LogP contribution in [0.2, 0.25) is 0 Å². The Bertz CT molecular complexity index is 676. The summed E-state index contributed by atoms with van der Waals surface area (Å²) in [6.45, 7) is -0.184. The van der Waals surface area contributed by atoms with Crippen molar-refractivity contribution in [3.63, 3.8) is 0 Å². The molecule has 0 aliphatic carbocycles. The molecule has 2 amide bonds. The molecule has 120 valence electrons. The Hall–Kier alpha value is -3.09. The second-order valence-corrected chi connectivity index (χ2v) is 4.94. The molecule has 0 aliphatic rings. The summed E-state index contributed by atoms with van der Waals surface area (Å²) in [5.41, 5.74) is 4.28. The zero-order valence-corrected chi connectivity index (χ0v) is 12.9. The monoisotopic (exact) mass is 314 g/mol. The third kappa shape index (κ3) is 4.99. The Morgan fingerprint density at radius 1 is 1.22 bits per heavy atom. The highest BCUT2D eigenvalue weighted by Gasteiger charge is 2.09. The maximum atomic E-state index is 11.6. The molecule has 2 aromatic rings. The Balaban J connectivity index is 1.76. The summed E-state index contributed by atoms with van der Waals surface area (Å²) in [5, 5.41) is 6.27. The van der Waals surface area contributed by atoms with E-state index < -0.39 is 11.8 Å². The molecule has 1 heterocycles. The van der Waals surface area contributed by atoms with Gasteiger partial charge in [0.1, 0.15) is 0 Å². The number of carbonyl (C=O) groups is 2. The lowest BCUT2D eigenvalue weighted by molar-refractivity contribution is -0.120. The van der Waals surface area contributed by atoms with E-state index in [2.05, 4.69) is 15.8 Å². The van der Waals surface area contributed by atoms with Crippen molar-refractivity contribution in [3.8, 4) is 0 Å². The van der Waals surface area contributed by atoms with Gasteiger partial charge in [-0.1, -0.05) is 12.1 Å². The van der Waals surface area contributed by atoms with Gasteiger partial charge in [-0.2, -0.15) is 5.10 Å². The highest BCUT2D eigenvalue weighted by atomic mass is 16.3. The second-order valence-electron chi connectivity index (χ2n) is 4.94. The maximum absolute atomic E-state index is 11.6. The van der Waals surface area contributed by atoms with E-state index in [-0.39, 0.29) is 12.3 Å². The molecule has 7 nitrogen and oxygen atoms in total. The van der Waals surface area contributed by atoms with Crippen molar-refractivity contribution in [3.05, 3.63) is 54.0 Å². The Morgan fingerprint density at radius 3 is 2.57 bits per heavy atom. The van der Waals surface area contributed by atoms with Gasteiger partial charge in [-0.15, -0.1) is 0 Å². The van der Waals surface area contributed by atoms with Crippen molar-refractivity contribution >= 4 is 23.7 Å². The Morgan fingerprint density at radius 2 is 1.96 bits per heavy atom. The summed E-state index contributed by atoms with van der Waals surface area (Å²) >= 11 is 0. The van der Waals surface area contributed by atoms with Gasteiger partial charge >= 0.3 is 0 Å². The minimum absolute atomic E-state index is 0.155. The van der Waals surface area contributed by atoms with Crippen LogP contribution in [0, 0.1) is 0 Å². The second kappa shape index (κ2) is 7.79. The quantitative estimate of drug-likeness (QED) is 0.620. The van der Waals surface area contributed by atoms with Crippen LogP contribution in [0.3, 0.4) is 0 Å².